The van der Waals surface area contributed by atoms with E-state index in [-0.39, 0.29) is 10.9 Å². The zero-order chi connectivity index (χ0) is 18.7. The van der Waals surface area contributed by atoms with E-state index in [1.165, 1.54) is 13.2 Å². The molecule has 0 bridgehead atoms. The lowest BCUT2D eigenvalue weighted by Gasteiger charge is -2.26. The lowest BCUT2D eigenvalue weighted by atomic mass is 9.93. The largest absolute Gasteiger partial charge is 0.493 e. The van der Waals surface area contributed by atoms with Crippen molar-refractivity contribution < 1.29 is 22.6 Å². The van der Waals surface area contributed by atoms with Gasteiger partial charge in [0.2, 0.25) is 0 Å². The van der Waals surface area contributed by atoms with Crippen LogP contribution in [0.25, 0.3) is 0 Å². The fourth-order valence-electron chi connectivity index (χ4n) is 3.17. The van der Waals surface area contributed by atoms with E-state index in [0.29, 0.717) is 23.6 Å². The lowest BCUT2D eigenvalue weighted by Crippen LogP contribution is -2.22. The fraction of sp³-hybridized carbons (Fsp3) is 0.368. The zero-order valence-corrected chi connectivity index (χ0v) is 14.9. The third-order valence-electron chi connectivity index (χ3n) is 4.43. The highest BCUT2D eigenvalue weighted by molar-refractivity contribution is 6.30. The van der Waals surface area contributed by atoms with Gasteiger partial charge in [0, 0.05) is 17.5 Å². The van der Waals surface area contributed by atoms with Crippen LogP contribution in [0.2, 0.25) is 5.02 Å². The van der Waals surface area contributed by atoms with Crippen LogP contribution in [0.3, 0.4) is 0 Å². The second kappa shape index (κ2) is 7.76. The second-order valence-electron chi connectivity index (χ2n) is 6.21. The molecule has 0 aromatic heterocycles. The highest BCUT2D eigenvalue weighted by Gasteiger charge is 2.34. The summed E-state index contributed by atoms with van der Waals surface area (Å²) < 4.78 is 51.0. The summed E-state index contributed by atoms with van der Waals surface area (Å²) in [6.45, 7) is 1.46. The molecule has 2 atom stereocenters. The highest BCUT2D eigenvalue weighted by atomic mass is 35.5. The molecule has 1 aliphatic rings. The SMILES string of the molecule is COc1ccccc1O[C@H](c1cc(Cl)cc(C(F)(F)F)c1)[C@@H]1CCNC1. The first-order valence-electron chi connectivity index (χ1n) is 8.26. The lowest BCUT2D eigenvalue weighted by molar-refractivity contribution is -0.137. The maximum atomic E-state index is 13.2. The Labute approximate surface area is 155 Å². The van der Waals surface area contributed by atoms with Crippen LogP contribution in [0, 0.1) is 5.92 Å². The Balaban J connectivity index is 2.00. The number of rotatable bonds is 5. The predicted molar refractivity (Wildman–Crippen MR) is 93.8 cm³/mol. The van der Waals surface area contributed by atoms with Gasteiger partial charge in [0.15, 0.2) is 11.5 Å². The smallest absolute Gasteiger partial charge is 0.416 e. The number of para-hydroxylation sites is 2. The highest BCUT2D eigenvalue weighted by Crippen LogP contribution is 2.39. The average Bonchev–Trinajstić information content (AvgIpc) is 3.13. The standard InChI is InChI=1S/C19H19ClF3NO2/c1-25-16-4-2-3-5-17(16)26-18(12-6-7-24-11-12)13-8-14(19(21,22)23)10-15(20)9-13/h2-5,8-10,12,18,24H,6-7,11H2,1H3/t12-,18+/m1/s1. The van der Waals surface area contributed by atoms with E-state index in [0.717, 1.165) is 25.1 Å². The minimum Gasteiger partial charge on any atom is -0.493 e. The van der Waals surface area contributed by atoms with Crippen LogP contribution in [-0.2, 0) is 6.18 Å². The molecule has 1 N–H and O–H groups in total. The van der Waals surface area contributed by atoms with E-state index in [4.69, 9.17) is 21.1 Å². The van der Waals surface area contributed by atoms with Gasteiger partial charge in [-0.1, -0.05) is 23.7 Å². The molecule has 0 spiro atoms. The Morgan fingerprint density at radius 2 is 1.88 bits per heavy atom. The van der Waals surface area contributed by atoms with Crippen molar-refractivity contribution in [2.45, 2.75) is 18.7 Å². The van der Waals surface area contributed by atoms with Crippen molar-refractivity contribution >= 4 is 11.6 Å². The van der Waals surface area contributed by atoms with Gasteiger partial charge in [-0.05, 0) is 48.9 Å². The second-order valence-corrected chi connectivity index (χ2v) is 6.65. The van der Waals surface area contributed by atoms with Gasteiger partial charge in [0.1, 0.15) is 6.10 Å². The molecule has 2 aromatic carbocycles. The van der Waals surface area contributed by atoms with Crippen molar-refractivity contribution in [3.05, 3.63) is 58.6 Å². The van der Waals surface area contributed by atoms with Gasteiger partial charge in [-0.15, -0.1) is 0 Å². The number of benzene rings is 2. The number of halogens is 4. The molecule has 1 aliphatic heterocycles. The summed E-state index contributed by atoms with van der Waals surface area (Å²) in [6.07, 6.45) is -4.24. The van der Waals surface area contributed by atoms with Crippen LogP contribution in [0.5, 0.6) is 11.5 Å². The average molecular weight is 386 g/mol. The Morgan fingerprint density at radius 1 is 1.15 bits per heavy atom. The Bertz CT molecular complexity index is 761. The predicted octanol–water partition coefficient (Wildman–Crippen LogP) is 5.10. The van der Waals surface area contributed by atoms with E-state index in [1.807, 2.05) is 0 Å². The Morgan fingerprint density at radius 3 is 2.50 bits per heavy atom. The van der Waals surface area contributed by atoms with Crippen LogP contribution in [-0.4, -0.2) is 20.2 Å². The molecule has 0 saturated carbocycles. The Kier molecular flexibility index (Phi) is 5.63. The minimum absolute atomic E-state index is 0.0273. The van der Waals surface area contributed by atoms with Gasteiger partial charge in [0.25, 0.3) is 0 Å². The van der Waals surface area contributed by atoms with E-state index < -0.39 is 17.8 Å². The van der Waals surface area contributed by atoms with Gasteiger partial charge in [-0.3, -0.25) is 0 Å². The van der Waals surface area contributed by atoms with Crippen molar-refractivity contribution in [2.75, 3.05) is 20.2 Å². The molecular formula is C19H19ClF3NO2. The third-order valence-corrected chi connectivity index (χ3v) is 4.64. The molecule has 0 amide bonds. The number of ether oxygens (including phenoxy) is 2. The van der Waals surface area contributed by atoms with Crippen LogP contribution in [0.4, 0.5) is 13.2 Å². The molecule has 3 rings (SSSR count). The molecule has 7 heteroatoms. The number of alkyl halides is 3. The summed E-state index contributed by atoms with van der Waals surface area (Å²) >= 11 is 5.97. The number of hydrogen-bond acceptors (Lipinski definition) is 3. The molecule has 0 unspecified atom stereocenters. The molecule has 1 saturated heterocycles. The van der Waals surface area contributed by atoms with E-state index >= 15 is 0 Å². The summed E-state index contributed by atoms with van der Waals surface area (Å²) in [5.41, 5.74) is -0.371. The maximum absolute atomic E-state index is 13.2. The van der Waals surface area contributed by atoms with Crippen molar-refractivity contribution in [3.8, 4) is 11.5 Å². The molecule has 0 aliphatic carbocycles. The van der Waals surface area contributed by atoms with Gasteiger partial charge in [-0.25, -0.2) is 0 Å². The summed E-state index contributed by atoms with van der Waals surface area (Å²) in [6, 6.07) is 10.7. The summed E-state index contributed by atoms with van der Waals surface area (Å²) in [4.78, 5) is 0. The van der Waals surface area contributed by atoms with Crippen molar-refractivity contribution in [3.63, 3.8) is 0 Å². The summed E-state index contributed by atoms with van der Waals surface area (Å²) in [5.74, 6) is 1.04. The first kappa shape index (κ1) is 18.9. The number of nitrogens with one attached hydrogen (secondary N) is 1. The summed E-state index contributed by atoms with van der Waals surface area (Å²) in [5, 5.41) is 3.27. The molecule has 1 fully saturated rings. The van der Waals surface area contributed by atoms with E-state index in [1.54, 1.807) is 24.3 Å². The van der Waals surface area contributed by atoms with Crippen molar-refractivity contribution in [1.82, 2.24) is 5.32 Å². The normalized spacial score (nSPS) is 18.6. The topological polar surface area (TPSA) is 30.5 Å². The van der Waals surface area contributed by atoms with Crippen LogP contribution < -0.4 is 14.8 Å². The van der Waals surface area contributed by atoms with Gasteiger partial charge >= 0.3 is 6.18 Å². The van der Waals surface area contributed by atoms with Gasteiger partial charge in [-0.2, -0.15) is 13.2 Å². The quantitative estimate of drug-likeness (QED) is 0.777. The van der Waals surface area contributed by atoms with Gasteiger partial charge in [0.05, 0.1) is 12.7 Å². The van der Waals surface area contributed by atoms with E-state index in [2.05, 4.69) is 5.32 Å². The number of hydrogen-bond donors (Lipinski definition) is 1. The maximum Gasteiger partial charge on any atom is 0.416 e. The fourth-order valence-corrected chi connectivity index (χ4v) is 3.41. The molecule has 140 valence electrons. The molecule has 0 radical (unpaired) electrons. The van der Waals surface area contributed by atoms with Crippen LogP contribution in [0.1, 0.15) is 23.7 Å². The Hall–Kier alpha value is -1.92. The van der Waals surface area contributed by atoms with Gasteiger partial charge < -0.3 is 14.8 Å². The monoisotopic (exact) mass is 385 g/mol. The van der Waals surface area contributed by atoms with Crippen LogP contribution in [0.15, 0.2) is 42.5 Å². The van der Waals surface area contributed by atoms with E-state index in [9.17, 15) is 13.2 Å². The summed E-state index contributed by atoms with van der Waals surface area (Å²) in [7, 11) is 1.52. The molecule has 1 heterocycles. The first-order valence-corrected chi connectivity index (χ1v) is 8.64. The third kappa shape index (κ3) is 4.24. The molecule has 3 nitrogen and oxygen atoms in total. The minimum atomic E-state index is -4.47. The molecule has 2 aromatic rings. The van der Waals surface area contributed by atoms with Crippen molar-refractivity contribution in [1.29, 1.82) is 0 Å². The number of methoxy groups -OCH3 is 1. The van der Waals surface area contributed by atoms with Crippen molar-refractivity contribution in [2.24, 2.45) is 5.92 Å². The molecular weight excluding hydrogens is 367 g/mol. The molecule has 26 heavy (non-hydrogen) atoms. The van der Waals surface area contributed by atoms with Crippen LogP contribution >= 0.6 is 11.6 Å². The zero-order valence-electron chi connectivity index (χ0n) is 14.1. The first-order chi connectivity index (χ1) is 12.4.